The molecule has 1 N–H and O–H groups in total. The molecule has 0 aliphatic rings. The van der Waals surface area contributed by atoms with Gasteiger partial charge in [-0.1, -0.05) is 12.1 Å². The molecule has 0 radical (unpaired) electrons. The Morgan fingerprint density at radius 1 is 1.05 bits per heavy atom. The minimum absolute atomic E-state index is 0.159. The van der Waals surface area contributed by atoms with E-state index in [0.717, 1.165) is 6.07 Å². The van der Waals surface area contributed by atoms with E-state index >= 15 is 0 Å². The molecule has 0 aliphatic carbocycles. The summed E-state index contributed by atoms with van der Waals surface area (Å²) in [6.45, 7) is 1.18. The van der Waals surface area contributed by atoms with Crippen LogP contribution in [0.5, 0.6) is 0 Å². The van der Waals surface area contributed by atoms with Crippen LogP contribution in [0.2, 0.25) is 0 Å². The molecule has 0 fully saturated rings. The van der Waals surface area contributed by atoms with Gasteiger partial charge in [-0.05, 0) is 24.6 Å². The number of aromatic nitrogens is 1. The molecule has 1 atom stereocenters. The maximum Gasteiger partial charge on any atom is 0.433 e. The lowest BCUT2D eigenvalue weighted by Crippen LogP contribution is -2.13. The van der Waals surface area contributed by atoms with Crippen LogP contribution in [0.4, 0.5) is 26.3 Å². The van der Waals surface area contributed by atoms with Crippen LogP contribution in [-0.2, 0) is 12.4 Å². The van der Waals surface area contributed by atoms with E-state index in [1.165, 1.54) is 13.0 Å². The van der Waals surface area contributed by atoms with Gasteiger partial charge in [0.15, 0.2) is 0 Å². The average molecular weight is 309 g/mol. The number of benzene rings is 1. The lowest BCUT2D eigenvalue weighted by atomic mass is 10.0. The molecule has 2 nitrogen and oxygen atoms in total. The SMILES string of the molecule is C[C@@H](O)c1cc(C(F)(F)F)nc2c(C(F)(F)F)cccc12. The van der Waals surface area contributed by atoms with Gasteiger partial charge in [-0.15, -0.1) is 0 Å². The van der Waals surface area contributed by atoms with E-state index in [0.29, 0.717) is 12.1 Å². The molecular weight excluding hydrogens is 300 g/mol. The first kappa shape index (κ1) is 15.6. The summed E-state index contributed by atoms with van der Waals surface area (Å²) in [5, 5.41) is 9.37. The quantitative estimate of drug-likeness (QED) is 0.796. The van der Waals surface area contributed by atoms with Crippen molar-refractivity contribution in [2.75, 3.05) is 0 Å². The first-order valence-corrected chi connectivity index (χ1v) is 5.78. The van der Waals surface area contributed by atoms with Crippen LogP contribution in [0, 0.1) is 0 Å². The standard InChI is InChI=1S/C13H9F6NO/c1-6(21)8-5-10(13(17,18)19)20-11-7(8)3-2-4-9(11)12(14,15)16/h2-6,21H,1H3/t6-/m1/s1. The molecule has 0 saturated heterocycles. The van der Waals surface area contributed by atoms with E-state index in [4.69, 9.17) is 0 Å². The Morgan fingerprint density at radius 2 is 1.67 bits per heavy atom. The van der Waals surface area contributed by atoms with E-state index in [-0.39, 0.29) is 10.9 Å². The molecule has 21 heavy (non-hydrogen) atoms. The molecule has 0 amide bonds. The summed E-state index contributed by atoms with van der Waals surface area (Å²) in [5.74, 6) is 0. The van der Waals surface area contributed by atoms with Crippen LogP contribution in [-0.4, -0.2) is 10.1 Å². The van der Waals surface area contributed by atoms with Crippen LogP contribution in [0.25, 0.3) is 10.9 Å². The van der Waals surface area contributed by atoms with E-state index in [9.17, 15) is 31.4 Å². The Bertz CT molecular complexity index is 675. The van der Waals surface area contributed by atoms with Crippen molar-refractivity contribution in [3.63, 3.8) is 0 Å². The van der Waals surface area contributed by atoms with Gasteiger partial charge in [0.05, 0.1) is 17.2 Å². The maximum atomic E-state index is 12.9. The van der Waals surface area contributed by atoms with Crippen LogP contribution in [0.15, 0.2) is 24.3 Å². The second-order valence-electron chi connectivity index (χ2n) is 4.47. The largest absolute Gasteiger partial charge is 0.433 e. The Morgan fingerprint density at radius 3 is 2.14 bits per heavy atom. The Kier molecular flexibility index (Phi) is 3.61. The van der Waals surface area contributed by atoms with Crippen LogP contribution < -0.4 is 0 Å². The summed E-state index contributed by atoms with van der Waals surface area (Å²) >= 11 is 0. The van der Waals surface area contributed by atoms with E-state index in [1.807, 2.05) is 0 Å². The molecule has 1 aromatic carbocycles. The van der Waals surface area contributed by atoms with Crippen molar-refractivity contribution in [3.05, 3.63) is 41.1 Å². The molecule has 0 bridgehead atoms. The maximum absolute atomic E-state index is 12.9. The lowest BCUT2D eigenvalue weighted by molar-refractivity contribution is -0.142. The fourth-order valence-corrected chi connectivity index (χ4v) is 1.99. The van der Waals surface area contributed by atoms with Crippen molar-refractivity contribution >= 4 is 10.9 Å². The third-order valence-electron chi connectivity index (χ3n) is 2.92. The van der Waals surface area contributed by atoms with Crippen molar-refractivity contribution in [2.45, 2.75) is 25.4 Å². The first-order valence-electron chi connectivity index (χ1n) is 5.78. The molecule has 0 unspecified atom stereocenters. The molecule has 8 heteroatoms. The summed E-state index contributed by atoms with van der Waals surface area (Å²) in [4.78, 5) is 3.10. The van der Waals surface area contributed by atoms with Crippen molar-refractivity contribution in [1.82, 2.24) is 4.98 Å². The Labute approximate surface area is 115 Å². The smallest absolute Gasteiger partial charge is 0.389 e. The molecule has 0 aliphatic heterocycles. The Balaban J connectivity index is 2.91. The number of hydrogen-bond acceptors (Lipinski definition) is 2. The normalized spacial score (nSPS) is 14.5. The summed E-state index contributed by atoms with van der Waals surface area (Å²) in [7, 11) is 0. The number of fused-ring (bicyclic) bond motifs is 1. The number of hydrogen-bond donors (Lipinski definition) is 1. The summed E-state index contributed by atoms with van der Waals surface area (Å²) < 4.78 is 77.0. The van der Waals surface area contributed by atoms with E-state index in [2.05, 4.69) is 4.98 Å². The molecule has 1 heterocycles. The highest BCUT2D eigenvalue weighted by molar-refractivity contribution is 5.86. The van der Waals surface area contributed by atoms with Gasteiger partial charge in [-0.25, -0.2) is 4.98 Å². The summed E-state index contributed by atoms with van der Waals surface area (Å²) in [6, 6.07) is 3.47. The number of nitrogens with zero attached hydrogens (tertiary/aromatic N) is 1. The average Bonchev–Trinajstić information content (AvgIpc) is 2.34. The van der Waals surface area contributed by atoms with Gasteiger partial charge in [-0.2, -0.15) is 26.3 Å². The minimum Gasteiger partial charge on any atom is -0.389 e. The first-order chi connectivity index (χ1) is 9.51. The molecule has 1 aromatic heterocycles. The monoisotopic (exact) mass is 309 g/mol. The van der Waals surface area contributed by atoms with Crippen molar-refractivity contribution in [1.29, 1.82) is 0 Å². The number of aliphatic hydroxyl groups excluding tert-OH is 1. The van der Waals surface area contributed by atoms with Gasteiger partial charge in [0.2, 0.25) is 0 Å². The van der Waals surface area contributed by atoms with Gasteiger partial charge in [0, 0.05) is 5.39 Å². The third kappa shape index (κ3) is 2.94. The zero-order chi connectivity index (χ0) is 16.0. The number of alkyl halides is 6. The molecule has 0 saturated carbocycles. The number of pyridine rings is 1. The van der Waals surface area contributed by atoms with Gasteiger partial charge in [-0.3, -0.25) is 0 Å². The van der Waals surface area contributed by atoms with Crippen molar-refractivity contribution < 1.29 is 31.4 Å². The van der Waals surface area contributed by atoms with Crippen molar-refractivity contribution in [2.24, 2.45) is 0 Å². The number of para-hydroxylation sites is 1. The van der Waals surface area contributed by atoms with Gasteiger partial charge in [0.25, 0.3) is 0 Å². The topological polar surface area (TPSA) is 33.1 Å². The number of rotatable bonds is 1. The molecule has 114 valence electrons. The second-order valence-corrected chi connectivity index (χ2v) is 4.47. The third-order valence-corrected chi connectivity index (χ3v) is 2.92. The lowest BCUT2D eigenvalue weighted by Gasteiger charge is -2.16. The minimum atomic E-state index is -4.91. The van der Waals surface area contributed by atoms with E-state index in [1.54, 1.807) is 0 Å². The predicted molar refractivity (Wildman–Crippen MR) is 62.4 cm³/mol. The Hall–Kier alpha value is -1.83. The molecular formula is C13H9F6NO. The fourth-order valence-electron chi connectivity index (χ4n) is 1.99. The summed E-state index contributed by atoms with van der Waals surface area (Å²) in [5.41, 5.74) is -3.82. The highest BCUT2D eigenvalue weighted by Crippen LogP contribution is 2.38. The predicted octanol–water partition coefficient (Wildman–Crippen LogP) is 4.33. The summed E-state index contributed by atoms with van der Waals surface area (Å²) in [6.07, 6.45) is -11.1. The number of aliphatic hydroxyl groups is 1. The molecule has 2 aromatic rings. The van der Waals surface area contributed by atoms with Gasteiger partial charge >= 0.3 is 12.4 Å². The zero-order valence-electron chi connectivity index (χ0n) is 10.5. The van der Waals surface area contributed by atoms with Crippen LogP contribution in [0.1, 0.15) is 29.8 Å². The van der Waals surface area contributed by atoms with E-state index < -0.39 is 35.2 Å². The molecule has 0 spiro atoms. The second kappa shape index (κ2) is 4.87. The number of halogens is 6. The van der Waals surface area contributed by atoms with Gasteiger partial charge < -0.3 is 5.11 Å². The van der Waals surface area contributed by atoms with Crippen LogP contribution in [0.3, 0.4) is 0 Å². The highest BCUT2D eigenvalue weighted by atomic mass is 19.4. The van der Waals surface area contributed by atoms with Crippen LogP contribution >= 0.6 is 0 Å². The highest BCUT2D eigenvalue weighted by Gasteiger charge is 2.37. The fraction of sp³-hybridized carbons (Fsp3) is 0.308. The molecule has 2 rings (SSSR count). The zero-order valence-corrected chi connectivity index (χ0v) is 10.5. The van der Waals surface area contributed by atoms with Gasteiger partial charge in [0.1, 0.15) is 5.69 Å². The van der Waals surface area contributed by atoms with Crippen molar-refractivity contribution in [3.8, 4) is 0 Å².